The van der Waals surface area contributed by atoms with Crippen molar-refractivity contribution in [2.45, 2.75) is 76.9 Å². The highest BCUT2D eigenvalue weighted by atomic mass is 35.5. The van der Waals surface area contributed by atoms with Crippen LogP contribution in [0.4, 0.5) is 10.5 Å². The predicted octanol–water partition coefficient (Wildman–Crippen LogP) is 6.12. The average molecular weight is 439 g/mol. The van der Waals surface area contributed by atoms with Gasteiger partial charge in [0.25, 0.3) is 0 Å². The van der Waals surface area contributed by atoms with Crippen LogP contribution in [0.5, 0.6) is 5.75 Å². The van der Waals surface area contributed by atoms with Crippen LogP contribution in [0.25, 0.3) is 0 Å². The molecule has 1 amide bonds. The van der Waals surface area contributed by atoms with E-state index in [4.69, 9.17) is 9.47 Å². The second kappa shape index (κ2) is 12.4. The van der Waals surface area contributed by atoms with Gasteiger partial charge in [0.1, 0.15) is 11.9 Å². The Kier molecular flexibility index (Phi) is 10.3. The van der Waals surface area contributed by atoms with Crippen molar-refractivity contribution in [3.63, 3.8) is 0 Å². The van der Waals surface area contributed by atoms with E-state index in [1.165, 1.54) is 51.4 Å². The molecular weight excluding hydrogens is 400 g/mol. The van der Waals surface area contributed by atoms with Crippen molar-refractivity contribution in [1.82, 2.24) is 4.90 Å². The summed E-state index contributed by atoms with van der Waals surface area (Å²) in [5.74, 6) is 1.83. The number of benzene rings is 1. The highest BCUT2D eigenvalue weighted by molar-refractivity contribution is 5.86. The van der Waals surface area contributed by atoms with Gasteiger partial charge in [-0.05, 0) is 70.2 Å². The number of ether oxygens (including phenoxy) is 2. The zero-order valence-electron chi connectivity index (χ0n) is 18.8. The quantitative estimate of drug-likeness (QED) is 0.446. The molecule has 0 aliphatic heterocycles. The molecule has 5 nitrogen and oxygen atoms in total. The number of carbonyl (C=O) groups is 1. The Hall–Kier alpha value is -1.46. The molecule has 3 aliphatic rings. The summed E-state index contributed by atoms with van der Waals surface area (Å²) in [7, 11) is 4.20. The molecule has 0 aromatic heterocycles. The number of para-hydroxylation sites is 2. The molecule has 1 aromatic carbocycles. The smallest absolute Gasteiger partial charge is 0.412 e. The van der Waals surface area contributed by atoms with Crippen molar-refractivity contribution in [2.75, 3.05) is 26.0 Å². The van der Waals surface area contributed by atoms with Gasteiger partial charge in [0.15, 0.2) is 0 Å². The second-order valence-corrected chi connectivity index (χ2v) is 8.88. The van der Waals surface area contributed by atoms with Gasteiger partial charge in [0, 0.05) is 6.04 Å². The van der Waals surface area contributed by atoms with Crippen LogP contribution in [0, 0.1) is 11.8 Å². The number of amides is 1. The normalized spacial score (nSPS) is 24.9. The van der Waals surface area contributed by atoms with Gasteiger partial charge in [-0.2, -0.15) is 0 Å². The number of hydrogen-bond acceptors (Lipinski definition) is 4. The SMILES string of the molecule is CCCCCCCOc1ccccc1NC(=O)O[C@H]1C2CCC(CC2)[C@@H]1N(C)C.Cl. The first kappa shape index (κ1) is 24.8. The van der Waals surface area contributed by atoms with Crippen molar-refractivity contribution in [1.29, 1.82) is 0 Å². The number of nitrogens with one attached hydrogen (secondary N) is 1. The molecule has 0 radical (unpaired) electrons. The van der Waals surface area contributed by atoms with E-state index < -0.39 is 0 Å². The number of fused-ring (bicyclic) bond motifs is 3. The van der Waals surface area contributed by atoms with Gasteiger partial charge in [0.05, 0.1) is 12.3 Å². The summed E-state index contributed by atoms with van der Waals surface area (Å²) < 4.78 is 11.9. The van der Waals surface area contributed by atoms with Crippen LogP contribution in [0.3, 0.4) is 0 Å². The molecule has 1 aromatic rings. The fraction of sp³-hybridized carbons (Fsp3) is 0.708. The summed E-state index contributed by atoms with van der Waals surface area (Å²) in [5, 5.41) is 2.93. The van der Waals surface area contributed by atoms with E-state index >= 15 is 0 Å². The monoisotopic (exact) mass is 438 g/mol. The third-order valence-electron chi connectivity index (χ3n) is 6.57. The molecule has 1 N–H and O–H groups in total. The van der Waals surface area contributed by atoms with E-state index in [-0.39, 0.29) is 24.6 Å². The van der Waals surface area contributed by atoms with Crippen molar-refractivity contribution in [2.24, 2.45) is 11.8 Å². The third kappa shape index (κ3) is 6.52. The molecule has 4 rings (SSSR count). The first-order chi connectivity index (χ1) is 14.1. The lowest BCUT2D eigenvalue weighted by atomic mass is 9.65. The molecule has 6 heteroatoms. The highest BCUT2D eigenvalue weighted by Gasteiger charge is 2.46. The number of rotatable bonds is 10. The zero-order valence-corrected chi connectivity index (χ0v) is 19.6. The van der Waals surface area contributed by atoms with Crippen LogP contribution in [-0.4, -0.2) is 43.8 Å². The third-order valence-corrected chi connectivity index (χ3v) is 6.57. The number of halogens is 1. The van der Waals surface area contributed by atoms with Crippen molar-refractivity contribution < 1.29 is 14.3 Å². The lowest BCUT2D eigenvalue weighted by molar-refractivity contribution is -0.0703. The minimum absolute atomic E-state index is 0. The molecule has 0 spiro atoms. The summed E-state index contributed by atoms with van der Waals surface area (Å²) in [6.45, 7) is 2.89. The van der Waals surface area contributed by atoms with Gasteiger partial charge in [-0.1, -0.05) is 44.7 Å². The van der Waals surface area contributed by atoms with Crippen LogP contribution in [0.2, 0.25) is 0 Å². The fourth-order valence-corrected chi connectivity index (χ4v) is 5.09. The largest absolute Gasteiger partial charge is 0.491 e. The molecule has 30 heavy (non-hydrogen) atoms. The number of likely N-dealkylation sites (N-methyl/N-ethyl adjacent to an activating group) is 1. The van der Waals surface area contributed by atoms with Crippen molar-refractivity contribution in [3.05, 3.63) is 24.3 Å². The van der Waals surface area contributed by atoms with E-state index in [1.807, 2.05) is 24.3 Å². The van der Waals surface area contributed by atoms with Gasteiger partial charge in [0.2, 0.25) is 0 Å². The number of carbonyl (C=O) groups excluding carboxylic acids is 1. The lowest BCUT2D eigenvalue weighted by Crippen LogP contribution is -2.56. The Morgan fingerprint density at radius 3 is 2.40 bits per heavy atom. The van der Waals surface area contributed by atoms with Gasteiger partial charge in [-0.25, -0.2) is 4.79 Å². The molecule has 170 valence electrons. The first-order valence-electron chi connectivity index (χ1n) is 11.5. The van der Waals surface area contributed by atoms with E-state index in [0.29, 0.717) is 35.9 Å². The van der Waals surface area contributed by atoms with Gasteiger partial charge < -0.3 is 14.4 Å². The number of hydrogen-bond donors (Lipinski definition) is 1. The topological polar surface area (TPSA) is 50.8 Å². The number of nitrogens with zero attached hydrogens (tertiary/aromatic N) is 1. The van der Waals surface area contributed by atoms with Gasteiger partial charge in [-0.15, -0.1) is 12.4 Å². The van der Waals surface area contributed by atoms with Crippen molar-refractivity contribution in [3.8, 4) is 5.75 Å². The number of anilines is 1. The summed E-state index contributed by atoms with van der Waals surface area (Å²) in [4.78, 5) is 15.0. The maximum absolute atomic E-state index is 12.7. The zero-order chi connectivity index (χ0) is 20.6. The van der Waals surface area contributed by atoms with Gasteiger partial charge >= 0.3 is 6.09 Å². The second-order valence-electron chi connectivity index (χ2n) is 8.88. The summed E-state index contributed by atoms with van der Waals surface area (Å²) in [6, 6.07) is 7.96. The van der Waals surface area contributed by atoms with Crippen LogP contribution in [-0.2, 0) is 4.74 Å². The molecule has 3 saturated carbocycles. The van der Waals surface area contributed by atoms with E-state index in [9.17, 15) is 4.79 Å². The number of unbranched alkanes of at least 4 members (excludes halogenated alkanes) is 4. The molecule has 0 unspecified atom stereocenters. The molecule has 3 fully saturated rings. The highest BCUT2D eigenvalue weighted by Crippen LogP contribution is 2.44. The Balaban J connectivity index is 0.00000320. The average Bonchev–Trinajstić information content (AvgIpc) is 2.72. The molecule has 2 atom stereocenters. The summed E-state index contributed by atoms with van der Waals surface area (Å²) >= 11 is 0. The van der Waals surface area contributed by atoms with E-state index in [2.05, 4.69) is 31.2 Å². The molecule has 3 aliphatic carbocycles. The standard InChI is InChI=1S/C24H38N2O3.ClH/c1-4-5-6-7-10-17-28-21-12-9-8-11-20(21)25-24(27)29-23-19-15-13-18(14-16-19)22(23)26(2)3;/h8-9,11-12,18-19,22-23H,4-7,10,13-17H2,1-3H3,(H,25,27);1H/t18?,19?,22-,23-;/m0./s1. The van der Waals surface area contributed by atoms with Crippen molar-refractivity contribution >= 4 is 24.2 Å². The predicted molar refractivity (Wildman–Crippen MR) is 125 cm³/mol. The van der Waals surface area contributed by atoms with Crippen LogP contribution >= 0.6 is 12.4 Å². The molecule has 0 saturated heterocycles. The Morgan fingerprint density at radius 1 is 1.03 bits per heavy atom. The van der Waals surface area contributed by atoms with Crippen LogP contribution < -0.4 is 10.1 Å². The minimum Gasteiger partial charge on any atom is -0.491 e. The Morgan fingerprint density at radius 2 is 1.70 bits per heavy atom. The van der Waals surface area contributed by atoms with Crippen LogP contribution in [0.15, 0.2) is 24.3 Å². The first-order valence-corrected chi connectivity index (χ1v) is 11.5. The molecular formula is C24H39ClN2O3. The van der Waals surface area contributed by atoms with Gasteiger partial charge in [-0.3, -0.25) is 5.32 Å². The van der Waals surface area contributed by atoms with Crippen LogP contribution in [0.1, 0.15) is 64.7 Å². The summed E-state index contributed by atoms with van der Waals surface area (Å²) in [6.07, 6.45) is 10.5. The molecule has 0 heterocycles. The Bertz CT molecular complexity index is 647. The minimum atomic E-state index is -0.367. The Labute approximate surface area is 188 Å². The maximum atomic E-state index is 12.7. The molecule has 2 bridgehead atoms. The maximum Gasteiger partial charge on any atom is 0.412 e. The summed E-state index contributed by atoms with van der Waals surface area (Å²) in [5.41, 5.74) is 0.688. The lowest BCUT2D eigenvalue weighted by Gasteiger charge is -2.50. The van der Waals surface area contributed by atoms with E-state index in [1.54, 1.807) is 0 Å². The fourth-order valence-electron chi connectivity index (χ4n) is 5.09. The van der Waals surface area contributed by atoms with E-state index in [0.717, 1.165) is 6.42 Å².